The van der Waals surface area contributed by atoms with Crippen LogP contribution in [0, 0.1) is 0 Å². The van der Waals surface area contributed by atoms with E-state index in [0.29, 0.717) is 12.1 Å². The highest BCUT2D eigenvalue weighted by Crippen LogP contribution is 2.14. The molecule has 0 saturated carbocycles. The first-order chi connectivity index (χ1) is 9.20. The minimum absolute atomic E-state index is 0.552. The lowest BCUT2D eigenvalue weighted by molar-refractivity contribution is 0.0442. The molecule has 0 bridgehead atoms. The van der Waals surface area contributed by atoms with Gasteiger partial charge in [0.15, 0.2) is 0 Å². The van der Waals surface area contributed by atoms with E-state index in [9.17, 15) is 0 Å². The molecule has 2 fully saturated rings. The Bertz CT molecular complexity index is 248. The summed E-state index contributed by atoms with van der Waals surface area (Å²) in [7, 11) is 0. The average Bonchev–Trinajstić information content (AvgIpc) is 2.47. The van der Waals surface area contributed by atoms with Gasteiger partial charge in [-0.3, -0.25) is 9.80 Å². The van der Waals surface area contributed by atoms with E-state index in [4.69, 9.17) is 4.74 Å². The number of morpholine rings is 1. The maximum absolute atomic E-state index is 5.54. The van der Waals surface area contributed by atoms with Gasteiger partial charge in [-0.05, 0) is 26.7 Å². The first-order valence-electron chi connectivity index (χ1n) is 8.00. The van der Waals surface area contributed by atoms with Gasteiger partial charge in [0.1, 0.15) is 0 Å². The number of piperazine rings is 1. The quantitative estimate of drug-likeness (QED) is 0.811. The van der Waals surface area contributed by atoms with Crippen LogP contribution in [0.2, 0.25) is 0 Å². The Morgan fingerprint density at radius 2 is 1.74 bits per heavy atom. The number of rotatable bonds is 5. The molecule has 3 atom stereocenters. The predicted octanol–water partition coefficient (Wildman–Crippen LogP) is 1.17. The molecule has 19 heavy (non-hydrogen) atoms. The van der Waals surface area contributed by atoms with Crippen molar-refractivity contribution >= 4 is 0 Å². The summed E-state index contributed by atoms with van der Waals surface area (Å²) in [6.07, 6.45) is 2.47. The van der Waals surface area contributed by atoms with Gasteiger partial charge in [-0.2, -0.15) is 0 Å². The van der Waals surface area contributed by atoms with Crippen LogP contribution >= 0.6 is 0 Å². The van der Waals surface area contributed by atoms with E-state index >= 15 is 0 Å². The molecule has 3 unspecified atom stereocenters. The molecular weight excluding hydrogens is 238 g/mol. The molecule has 2 heterocycles. The standard InChI is InChI=1S/C15H31N3O/c1-4-13(2)17-6-8-18(9-7-17)14(3)11-15-12-19-10-5-16-15/h13-16H,4-12H2,1-3H3. The zero-order chi connectivity index (χ0) is 13.7. The van der Waals surface area contributed by atoms with Crippen molar-refractivity contribution in [3.8, 4) is 0 Å². The number of hydrogen-bond acceptors (Lipinski definition) is 4. The number of nitrogens with one attached hydrogen (secondary N) is 1. The molecule has 0 radical (unpaired) electrons. The minimum Gasteiger partial charge on any atom is -0.379 e. The van der Waals surface area contributed by atoms with Crippen molar-refractivity contribution < 1.29 is 4.74 Å². The molecule has 2 rings (SSSR count). The Morgan fingerprint density at radius 1 is 1.11 bits per heavy atom. The lowest BCUT2D eigenvalue weighted by Crippen LogP contribution is -2.53. The van der Waals surface area contributed by atoms with E-state index in [-0.39, 0.29) is 0 Å². The topological polar surface area (TPSA) is 27.7 Å². The second-order valence-electron chi connectivity index (χ2n) is 6.14. The van der Waals surface area contributed by atoms with Crippen molar-refractivity contribution in [2.75, 3.05) is 45.9 Å². The molecule has 0 spiro atoms. The molecule has 0 amide bonds. The van der Waals surface area contributed by atoms with E-state index < -0.39 is 0 Å². The van der Waals surface area contributed by atoms with Crippen LogP contribution in [-0.4, -0.2) is 73.9 Å². The maximum atomic E-state index is 5.54. The lowest BCUT2D eigenvalue weighted by atomic mass is 10.1. The number of hydrogen-bond donors (Lipinski definition) is 1. The second-order valence-corrected chi connectivity index (χ2v) is 6.14. The van der Waals surface area contributed by atoms with Crippen LogP contribution in [0.3, 0.4) is 0 Å². The molecule has 0 aromatic heterocycles. The zero-order valence-electron chi connectivity index (χ0n) is 12.9. The SMILES string of the molecule is CCC(C)N1CCN(C(C)CC2COCCN2)CC1. The van der Waals surface area contributed by atoms with Crippen molar-refractivity contribution in [1.29, 1.82) is 0 Å². The Morgan fingerprint density at radius 3 is 2.26 bits per heavy atom. The smallest absolute Gasteiger partial charge is 0.0620 e. The summed E-state index contributed by atoms with van der Waals surface area (Å²) in [4.78, 5) is 5.28. The van der Waals surface area contributed by atoms with Crippen molar-refractivity contribution in [1.82, 2.24) is 15.1 Å². The van der Waals surface area contributed by atoms with Gasteiger partial charge in [-0.15, -0.1) is 0 Å². The molecule has 0 aliphatic carbocycles. The fourth-order valence-corrected chi connectivity index (χ4v) is 3.21. The first-order valence-corrected chi connectivity index (χ1v) is 8.00. The van der Waals surface area contributed by atoms with Gasteiger partial charge in [0.2, 0.25) is 0 Å². The first kappa shape index (κ1) is 15.2. The number of nitrogens with zero attached hydrogens (tertiary/aromatic N) is 2. The molecule has 0 aromatic carbocycles. The molecule has 1 N–H and O–H groups in total. The van der Waals surface area contributed by atoms with Gasteiger partial charge >= 0.3 is 0 Å². The highest BCUT2D eigenvalue weighted by atomic mass is 16.5. The Labute approximate surface area is 118 Å². The second kappa shape index (κ2) is 7.58. The third kappa shape index (κ3) is 4.42. The normalized spacial score (nSPS) is 30.2. The Hall–Kier alpha value is -0.160. The lowest BCUT2D eigenvalue weighted by Gasteiger charge is -2.41. The third-order valence-corrected chi connectivity index (χ3v) is 4.81. The molecule has 2 saturated heterocycles. The summed E-state index contributed by atoms with van der Waals surface area (Å²) < 4.78 is 5.54. The van der Waals surface area contributed by atoms with Crippen LogP contribution in [0.5, 0.6) is 0 Å². The maximum Gasteiger partial charge on any atom is 0.0620 e. The van der Waals surface area contributed by atoms with Crippen LogP contribution in [0.4, 0.5) is 0 Å². The van der Waals surface area contributed by atoms with Crippen LogP contribution in [0.15, 0.2) is 0 Å². The van der Waals surface area contributed by atoms with E-state index in [2.05, 4.69) is 35.9 Å². The van der Waals surface area contributed by atoms with Crippen LogP contribution in [0.25, 0.3) is 0 Å². The molecular formula is C15H31N3O. The summed E-state index contributed by atoms with van der Waals surface area (Å²) in [5, 5.41) is 3.56. The fraction of sp³-hybridized carbons (Fsp3) is 1.00. The van der Waals surface area contributed by atoms with Crippen molar-refractivity contribution in [2.24, 2.45) is 0 Å². The number of ether oxygens (including phenoxy) is 1. The van der Waals surface area contributed by atoms with Crippen LogP contribution < -0.4 is 5.32 Å². The van der Waals surface area contributed by atoms with Crippen LogP contribution in [0.1, 0.15) is 33.6 Å². The van der Waals surface area contributed by atoms with Gasteiger partial charge in [0.25, 0.3) is 0 Å². The Balaban J connectivity index is 1.71. The molecule has 0 aromatic rings. The van der Waals surface area contributed by atoms with Gasteiger partial charge < -0.3 is 10.1 Å². The largest absolute Gasteiger partial charge is 0.379 e. The highest BCUT2D eigenvalue weighted by molar-refractivity contribution is 4.82. The van der Waals surface area contributed by atoms with E-state index in [1.807, 2.05) is 0 Å². The van der Waals surface area contributed by atoms with Crippen molar-refractivity contribution in [3.05, 3.63) is 0 Å². The Kier molecular flexibility index (Phi) is 6.07. The molecule has 2 aliphatic heterocycles. The van der Waals surface area contributed by atoms with E-state index in [1.165, 1.54) is 39.0 Å². The summed E-state index contributed by atoms with van der Waals surface area (Å²) in [5.74, 6) is 0. The summed E-state index contributed by atoms with van der Waals surface area (Å²) in [6, 6.07) is 1.96. The van der Waals surface area contributed by atoms with E-state index in [0.717, 1.165) is 25.8 Å². The van der Waals surface area contributed by atoms with Crippen molar-refractivity contribution in [2.45, 2.75) is 51.7 Å². The molecule has 4 nitrogen and oxygen atoms in total. The van der Waals surface area contributed by atoms with Crippen molar-refractivity contribution in [3.63, 3.8) is 0 Å². The van der Waals surface area contributed by atoms with Gasteiger partial charge in [0.05, 0.1) is 13.2 Å². The average molecular weight is 269 g/mol. The summed E-state index contributed by atoms with van der Waals surface area (Å²) >= 11 is 0. The van der Waals surface area contributed by atoms with Gasteiger partial charge in [0, 0.05) is 50.8 Å². The zero-order valence-corrected chi connectivity index (χ0v) is 12.9. The monoisotopic (exact) mass is 269 g/mol. The minimum atomic E-state index is 0.552. The third-order valence-electron chi connectivity index (χ3n) is 4.81. The highest BCUT2D eigenvalue weighted by Gasteiger charge is 2.25. The fourth-order valence-electron chi connectivity index (χ4n) is 3.21. The van der Waals surface area contributed by atoms with Crippen LogP contribution in [-0.2, 0) is 4.74 Å². The summed E-state index contributed by atoms with van der Waals surface area (Å²) in [5.41, 5.74) is 0. The van der Waals surface area contributed by atoms with Gasteiger partial charge in [-0.25, -0.2) is 0 Å². The van der Waals surface area contributed by atoms with Gasteiger partial charge in [-0.1, -0.05) is 6.92 Å². The molecule has 2 aliphatic rings. The molecule has 4 heteroatoms. The molecule has 112 valence electrons. The van der Waals surface area contributed by atoms with E-state index in [1.54, 1.807) is 0 Å². The summed E-state index contributed by atoms with van der Waals surface area (Å²) in [6.45, 7) is 14.7. The predicted molar refractivity (Wildman–Crippen MR) is 79.6 cm³/mol.